The minimum atomic E-state index is 0. The van der Waals surface area contributed by atoms with E-state index in [9.17, 15) is 0 Å². The molecule has 150 valence electrons. The van der Waals surface area contributed by atoms with Crippen LogP contribution < -0.4 is 10.1 Å². The van der Waals surface area contributed by atoms with E-state index >= 15 is 0 Å². The molecule has 0 aliphatic rings. The standard InChI is InChI=1S/C20H30N4O2.HI/c1-14-11-15(2)13-18(12-14)25-10-9-24(6)20(21-5)22-8-7-19-16(3)23-26-17(19)4;/h11-13H,7-10H2,1-6H3,(H,21,22);1H. The van der Waals surface area contributed by atoms with Gasteiger partial charge < -0.3 is 19.5 Å². The average molecular weight is 486 g/mol. The van der Waals surface area contributed by atoms with Gasteiger partial charge in [0.05, 0.1) is 12.2 Å². The molecule has 0 aliphatic heterocycles. The fourth-order valence-electron chi connectivity index (χ4n) is 2.97. The SMILES string of the molecule is CN=C(NCCc1c(C)noc1C)N(C)CCOc1cc(C)cc(C)c1.I. The van der Waals surface area contributed by atoms with Crippen LogP contribution in [0.5, 0.6) is 5.75 Å². The van der Waals surface area contributed by atoms with Gasteiger partial charge in [-0.3, -0.25) is 4.99 Å². The van der Waals surface area contributed by atoms with Gasteiger partial charge in [0.1, 0.15) is 18.1 Å². The minimum Gasteiger partial charge on any atom is -0.492 e. The summed E-state index contributed by atoms with van der Waals surface area (Å²) in [7, 11) is 3.80. The van der Waals surface area contributed by atoms with Crippen molar-refractivity contribution in [1.29, 1.82) is 0 Å². The molecule has 1 aromatic heterocycles. The Morgan fingerprint density at radius 1 is 1.19 bits per heavy atom. The van der Waals surface area contributed by atoms with Crippen LogP contribution in [-0.2, 0) is 6.42 Å². The summed E-state index contributed by atoms with van der Waals surface area (Å²) < 4.78 is 11.1. The quantitative estimate of drug-likeness (QED) is 0.368. The Morgan fingerprint density at radius 2 is 1.85 bits per heavy atom. The number of rotatable bonds is 7. The molecule has 6 nitrogen and oxygen atoms in total. The Balaban J connectivity index is 0.00000364. The molecule has 0 saturated heterocycles. The molecule has 1 heterocycles. The largest absolute Gasteiger partial charge is 0.492 e. The van der Waals surface area contributed by atoms with E-state index in [0.717, 1.165) is 48.2 Å². The number of likely N-dealkylation sites (N-methyl/N-ethyl adjacent to an activating group) is 1. The Morgan fingerprint density at radius 3 is 2.41 bits per heavy atom. The van der Waals surface area contributed by atoms with Crippen molar-refractivity contribution in [2.45, 2.75) is 34.1 Å². The van der Waals surface area contributed by atoms with Gasteiger partial charge in [0.25, 0.3) is 0 Å². The third-order valence-corrected chi connectivity index (χ3v) is 4.30. The maximum Gasteiger partial charge on any atom is 0.193 e. The summed E-state index contributed by atoms with van der Waals surface area (Å²) in [6.45, 7) is 10.2. The highest BCUT2D eigenvalue weighted by atomic mass is 127. The van der Waals surface area contributed by atoms with Crippen LogP contribution in [0.15, 0.2) is 27.7 Å². The number of hydrogen-bond acceptors (Lipinski definition) is 4. The van der Waals surface area contributed by atoms with Crippen LogP contribution in [0.1, 0.15) is 28.1 Å². The van der Waals surface area contributed by atoms with E-state index in [4.69, 9.17) is 9.26 Å². The van der Waals surface area contributed by atoms with Crippen LogP contribution in [0.3, 0.4) is 0 Å². The van der Waals surface area contributed by atoms with Crippen LogP contribution in [0.25, 0.3) is 0 Å². The first-order valence-corrected chi connectivity index (χ1v) is 8.95. The van der Waals surface area contributed by atoms with Crippen molar-refractivity contribution in [1.82, 2.24) is 15.4 Å². The van der Waals surface area contributed by atoms with Crippen LogP contribution >= 0.6 is 24.0 Å². The molecular weight excluding hydrogens is 455 g/mol. The molecule has 2 rings (SSSR count). The van der Waals surface area contributed by atoms with Gasteiger partial charge >= 0.3 is 0 Å². The van der Waals surface area contributed by atoms with Gasteiger partial charge in [-0.2, -0.15) is 0 Å². The van der Waals surface area contributed by atoms with Crippen LogP contribution in [0.2, 0.25) is 0 Å². The second-order valence-corrected chi connectivity index (χ2v) is 6.62. The average Bonchev–Trinajstić information content (AvgIpc) is 2.89. The summed E-state index contributed by atoms with van der Waals surface area (Å²) in [4.78, 5) is 6.41. The number of nitrogens with one attached hydrogen (secondary N) is 1. The monoisotopic (exact) mass is 486 g/mol. The summed E-state index contributed by atoms with van der Waals surface area (Å²) in [5, 5.41) is 7.37. The summed E-state index contributed by atoms with van der Waals surface area (Å²) in [6.07, 6.45) is 0.854. The van der Waals surface area contributed by atoms with Gasteiger partial charge in [0.15, 0.2) is 5.96 Å². The lowest BCUT2D eigenvalue weighted by Gasteiger charge is -2.22. The van der Waals surface area contributed by atoms with Crippen molar-refractivity contribution < 1.29 is 9.26 Å². The number of aryl methyl sites for hydroxylation is 4. The second kappa shape index (κ2) is 11.2. The van der Waals surface area contributed by atoms with E-state index in [0.29, 0.717) is 6.61 Å². The zero-order chi connectivity index (χ0) is 19.1. The lowest BCUT2D eigenvalue weighted by molar-refractivity contribution is 0.281. The minimum absolute atomic E-state index is 0. The number of ether oxygens (including phenoxy) is 1. The van der Waals surface area contributed by atoms with Crippen molar-refractivity contribution in [3.63, 3.8) is 0 Å². The van der Waals surface area contributed by atoms with Gasteiger partial charge in [0, 0.05) is 26.2 Å². The van der Waals surface area contributed by atoms with Crippen molar-refractivity contribution in [3.05, 3.63) is 46.3 Å². The Hall–Kier alpha value is -1.77. The van der Waals surface area contributed by atoms with Crippen LogP contribution in [-0.4, -0.2) is 49.8 Å². The maximum absolute atomic E-state index is 5.88. The number of benzene rings is 1. The first-order chi connectivity index (χ1) is 12.4. The summed E-state index contributed by atoms with van der Waals surface area (Å²) in [5.41, 5.74) is 4.54. The number of nitrogens with zero attached hydrogens (tertiary/aromatic N) is 3. The number of hydrogen-bond donors (Lipinski definition) is 1. The fourth-order valence-corrected chi connectivity index (χ4v) is 2.97. The second-order valence-electron chi connectivity index (χ2n) is 6.62. The molecule has 0 amide bonds. The van der Waals surface area contributed by atoms with Crippen molar-refractivity contribution in [3.8, 4) is 5.75 Å². The van der Waals surface area contributed by atoms with E-state index in [1.807, 2.05) is 20.9 Å². The van der Waals surface area contributed by atoms with E-state index in [-0.39, 0.29) is 24.0 Å². The molecular formula is C20H31IN4O2. The normalized spacial score (nSPS) is 11.1. The van der Waals surface area contributed by atoms with Crippen LogP contribution in [0.4, 0.5) is 0 Å². The molecule has 0 spiro atoms. The molecule has 0 bridgehead atoms. The van der Waals surface area contributed by atoms with Crippen molar-refractivity contribution in [2.24, 2.45) is 4.99 Å². The van der Waals surface area contributed by atoms with Crippen LogP contribution in [0, 0.1) is 27.7 Å². The predicted molar refractivity (Wildman–Crippen MR) is 120 cm³/mol. The van der Waals surface area contributed by atoms with Gasteiger partial charge in [0.2, 0.25) is 0 Å². The van der Waals surface area contributed by atoms with Gasteiger partial charge in [-0.05, 0) is 57.4 Å². The van der Waals surface area contributed by atoms with Gasteiger partial charge in [-0.25, -0.2) is 0 Å². The summed E-state index contributed by atoms with van der Waals surface area (Å²) in [5.74, 6) is 2.65. The zero-order valence-corrected chi connectivity index (χ0v) is 19.5. The molecule has 27 heavy (non-hydrogen) atoms. The zero-order valence-electron chi connectivity index (χ0n) is 17.1. The van der Waals surface area contributed by atoms with E-state index in [1.165, 1.54) is 11.1 Å². The molecule has 0 fully saturated rings. The molecule has 1 aromatic carbocycles. The molecule has 7 heteroatoms. The topological polar surface area (TPSA) is 62.9 Å². The first-order valence-electron chi connectivity index (χ1n) is 8.95. The number of halogens is 1. The highest BCUT2D eigenvalue weighted by molar-refractivity contribution is 14.0. The van der Waals surface area contributed by atoms with Gasteiger partial charge in [-0.15, -0.1) is 24.0 Å². The predicted octanol–water partition coefficient (Wildman–Crippen LogP) is 3.65. The lowest BCUT2D eigenvalue weighted by Crippen LogP contribution is -2.41. The molecule has 1 N–H and O–H groups in total. The third kappa shape index (κ3) is 7.04. The fraction of sp³-hybridized carbons (Fsp3) is 0.500. The molecule has 0 radical (unpaired) electrons. The third-order valence-electron chi connectivity index (χ3n) is 4.30. The Labute approximate surface area is 179 Å². The van der Waals surface area contributed by atoms with E-state index in [1.54, 1.807) is 7.05 Å². The smallest absolute Gasteiger partial charge is 0.193 e. The molecule has 0 aliphatic carbocycles. The summed E-state index contributed by atoms with van der Waals surface area (Å²) >= 11 is 0. The highest BCUT2D eigenvalue weighted by Crippen LogP contribution is 2.16. The maximum atomic E-state index is 5.88. The number of aromatic nitrogens is 1. The lowest BCUT2D eigenvalue weighted by atomic mass is 10.1. The molecule has 2 aromatic rings. The Bertz CT molecular complexity index is 719. The van der Waals surface area contributed by atoms with E-state index < -0.39 is 0 Å². The highest BCUT2D eigenvalue weighted by Gasteiger charge is 2.10. The Kier molecular flexibility index (Phi) is 9.62. The van der Waals surface area contributed by atoms with Crippen molar-refractivity contribution in [2.75, 3.05) is 33.8 Å². The molecule has 0 unspecified atom stereocenters. The van der Waals surface area contributed by atoms with Gasteiger partial charge in [-0.1, -0.05) is 11.2 Å². The molecule has 0 atom stereocenters. The summed E-state index contributed by atoms with van der Waals surface area (Å²) in [6, 6.07) is 6.26. The molecule has 0 saturated carbocycles. The first kappa shape index (κ1) is 23.3. The number of aliphatic imine (C=N–C) groups is 1. The number of guanidine groups is 1. The van der Waals surface area contributed by atoms with Crippen molar-refractivity contribution >= 4 is 29.9 Å². The van der Waals surface area contributed by atoms with E-state index in [2.05, 4.69) is 52.4 Å².